The average Bonchev–Trinajstić information content (AvgIpc) is 2.85. The predicted molar refractivity (Wildman–Crippen MR) is 129 cm³/mol. The largest absolute Gasteiger partial charge is 0.497 e. The van der Waals surface area contributed by atoms with Crippen LogP contribution in [0, 0.1) is 0 Å². The number of anilines is 3. The summed E-state index contributed by atoms with van der Waals surface area (Å²) in [4.78, 5) is 32.5. The van der Waals surface area contributed by atoms with Crippen molar-refractivity contribution in [2.24, 2.45) is 0 Å². The highest BCUT2D eigenvalue weighted by molar-refractivity contribution is 6.15. The van der Waals surface area contributed by atoms with Crippen LogP contribution in [0.2, 0.25) is 0 Å². The number of nitrogens with zero attached hydrogens (tertiary/aromatic N) is 3. The van der Waals surface area contributed by atoms with E-state index in [9.17, 15) is 9.59 Å². The molecule has 2 amide bonds. The molecule has 0 N–H and O–H groups in total. The number of benzene rings is 3. The maximum atomic E-state index is 14.0. The quantitative estimate of drug-likeness (QED) is 0.576. The fourth-order valence-electron chi connectivity index (χ4n) is 4.03. The Bertz CT molecular complexity index is 1150. The molecule has 170 valence electrons. The van der Waals surface area contributed by atoms with Gasteiger partial charge < -0.3 is 14.4 Å². The Kier molecular flexibility index (Phi) is 6.22. The fraction of sp³-hybridized carbons (Fsp3) is 0.231. The van der Waals surface area contributed by atoms with Crippen LogP contribution in [0.25, 0.3) is 0 Å². The van der Waals surface area contributed by atoms with Crippen LogP contribution in [0.3, 0.4) is 0 Å². The van der Waals surface area contributed by atoms with Gasteiger partial charge in [-0.3, -0.25) is 19.4 Å². The highest BCUT2D eigenvalue weighted by Crippen LogP contribution is 2.39. The number of carbonyl (C=O) groups is 2. The van der Waals surface area contributed by atoms with Crippen molar-refractivity contribution >= 4 is 28.9 Å². The number of hydrogen-bond acceptors (Lipinski definition) is 5. The first-order chi connectivity index (χ1) is 15.9. The van der Waals surface area contributed by atoms with Gasteiger partial charge in [-0.15, -0.1) is 0 Å². The van der Waals surface area contributed by atoms with Crippen LogP contribution < -0.4 is 24.2 Å². The first-order valence-electron chi connectivity index (χ1n) is 10.6. The lowest BCUT2D eigenvalue weighted by molar-refractivity contribution is -0.128. The highest BCUT2D eigenvalue weighted by atomic mass is 16.5. The highest BCUT2D eigenvalue weighted by Gasteiger charge is 2.42. The summed E-state index contributed by atoms with van der Waals surface area (Å²) in [6.45, 7) is -0.108. The van der Waals surface area contributed by atoms with Gasteiger partial charge >= 0.3 is 0 Å². The third kappa shape index (κ3) is 4.22. The Morgan fingerprint density at radius 3 is 2.18 bits per heavy atom. The summed E-state index contributed by atoms with van der Waals surface area (Å²) in [5.41, 5.74) is 2.91. The lowest BCUT2D eigenvalue weighted by Gasteiger charge is -2.40. The molecule has 1 aliphatic heterocycles. The van der Waals surface area contributed by atoms with Crippen molar-refractivity contribution in [1.82, 2.24) is 0 Å². The Morgan fingerprint density at radius 1 is 0.879 bits per heavy atom. The van der Waals surface area contributed by atoms with Crippen LogP contribution in [0.4, 0.5) is 17.1 Å². The van der Waals surface area contributed by atoms with Gasteiger partial charge in [0.15, 0.2) is 0 Å². The summed E-state index contributed by atoms with van der Waals surface area (Å²) < 4.78 is 10.8. The molecule has 7 nitrogen and oxygen atoms in total. The molecule has 0 unspecified atom stereocenters. The summed E-state index contributed by atoms with van der Waals surface area (Å²) in [6, 6.07) is 21.4. The maximum Gasteiger partial charge on any atom is 0.255 e. The van der Waals surface area contributed by atoms with E-state index in [1.54, 1.807) is 30.2 Å². The van der Waals surface area contributed by atoms with E-state index in [1.807, 2.05) is 73.6 Å². The molecule has 3 aromatic carbocycles. The van der Waals surface area contributed by atoms with Crippen LogP contribution >= 0.6 is 0 Å². The van der Waals surface area contributed by atoms with Gasteiger partial charge in [0.25, 0.3) is 5.91 Å². The molecule has 1 aliphatic rings. The molecule has 0 saturated carbocycles. The fourth-order valence-corrected chi connectivity index (χ4v) is 4.03. The first-order valence-corrected chi connectivity index (χ1v) is 10.6. The van der Waals surface area contributed by atoms with Crippen LogP contribution in [-0.4, -0.2) is 46.7 Å². The SMILES string of the molecule is COc1ccc(OC)c(N2CC(=O)N(c3ccccc3)[C@H](c3ccc(N(C)C)cc3)C2=O)c1. The van der Waals surface area contributed by atoms with E-state index in [0.717, 1.165) is 11.3 Å². The predicted octanol–water partition coefficient (Wildman–Crippen LogP) is 3.89. The average molecular weight is 446 g/mol. The number of methoxy groups -OCH3 is 2. The summed E-state index contributed by atoms with van der Waals surface area (Å²) in [6.07, 6.45) is 0. The number of carbonyl (C=O) groups excluding carboxylic acids is 2. The Labute approximate surface area is 193 Å². The summed E-state index contributed by atoms with van der Waals surface area (Å²) in [5.74, 6) is 0.658. The standard InChI is InChI=1S/C26H27N3O4/c1-27(2)19-12-10-18(11-13-19)25-26(31)28(22-16-21(32-3)14-15-23(22)33-4)17-24(30)29(25)20-8-6-5-7-9-20/h5-16,25H,17H2,1-4H3/t25-/m1/s1. The molecule has 1 heterocycles. The van der Waals surface area contributed by atoms with Crippen LogP contribution in [0.15, 0.2) is 72.8 Å². The van der Waals surface area contributed by atoms with Crippen molar-refractivity contribution in [1.29, 1.82) is 0 Å². The molecule has 3 aromatic rings. The van der Waals surface area contributed by atoms with Gasteiger partial charge in [0, 0.05) is 31.5 Å². The van der Waals surface area contributed by atoms with Gasteiger partial charge in [-0.25, -0.2) is 0 Å². The second-order valence-electron chi connectivity index (χ2n) is 7.95. The molecule has 33 heavy (non-hydrogen) atoms. The molecule has 0 radical (unpaired) electrons. The number of ether oxygens (including phenoxy) is 2. The first kappa shape index (κ1) is 22.2. The lowest BCUT2D eigenvalue weighted by Crippen LogP contribution is -2.56. The smallest absolute Gasteiger partial charge is 0.255 e. The summed E-state index contributed by atoms with van der Waals surface area (Å²) in [5, 5.41) is 0. The van der Waals surface area contributed by atoms with Gasteiger partial charge in [0.05, 0.1) is 19.9 Å². The number of para-hydroxylation sites is 1. The van der Waals surface area contributed by atoms with E-state index in [0.29, 0.717) is 22.9 Å². The molecule has 1 atom stereocenters. The molecule has 4 rings (SSSR count). The van der Waals surface area contributed by atoms with Crippen LogP contribution in [0.5, 0.6) is 11.5 Å². The lowest BCUT2D eigenvalue weighted by atomic mass is 9.98. The zero-order chi connectivity index (χ0) is 23.5. The van der Waals surface area contributed by atoms with Gasteiger partial charge in [-0.1, -0.05) is 30.3 Å². The monoisotopic (exact) mass is 445 g/mol. The van der Waals surface area contributed by atoms with Crippen molar-refractivity contribution in [3.8, 4) is 11.5 Å². The minimum atomic E-state index is -0.819. The van der Waals surface area contributed by atoms with Gasteiger partial charge in [-0.2, -0.15) is 0 Å². The third-order valence-corrected chi connectivity index (χ3v) is 5.76. The van der Waals surface area contributed by atoms with Crippen molar-refractivity contribution in [3.05, 3.63) is 78.4 Å². The van der Waals surface area contributed by atoms with E-state index >= 15 is 0 Å². The number of hydrogen-bond donors (Lipinski definition) is 0. The Morgan fingerprint density at radius 2 is 1.58 bits per heavy atom. The second-order valence-corrected chi connectivity index (χ2v) is 7.95. The van der Waals surface area contributed by atoms with E-state index in [4.69, 9.17) is 9.47 Å². The third-order valence-electron chi connectivity index (χ3n) is 5.76. The zero-order valence-corrected chi connectivity index (χ0v) is 19.2. The number of piperazine rings is 1. The Hall–Kier alpha value is -4.00. The molecule has 1 saturated heterocycles. The molecule has 7 heteroatoms. The van der Waals surface area contributed by atoms with Crippen molar-refractivity contribution < 1.29 is 19.1 Å². The normalized spacial score (nSPS) is 16.1. The van der Waals surface area contributed by atoms with Gasteiger partial charge in [0.2, 0.25) is 5.91 Å². The Balaban J connectivity index is 1.83. The number of amides is 2. The van der Waals surface area contributed by atoms with Gasteiger partial charge in [-0.05, 0) is 42.0 Å². The topological polar surface area (TPSA) is 62.3 Å². The molecule has 0 aromatic heterocycles. The molecule has 1 fully saturated rings. The van der Waals surface area contributed by atoms with E-state index < -0.39 is 6.04 Å². The number of rotatable bonds is 6. The molecule has 0 spiro atoms. The van der Waals surface area contributed by atoms with Crippen molar-refractivity contribution in [3.63, 3.8) is 0 Å². The minimum Gasteiger partial charge on any atom is -0.497 e. The van der Waals surface area contributed by atoms with Gasteiger partial charge in [0.1, 0.15) is 24.1 Å². The molecule has 0 bridgehead atoms. The van der Waals surface area contributed by atoms with E-state index in [-0.39, 0.29) is 18.4 Å². The van der Waals surface area contributed by atoms with Crippen LogP contribution in [0.1, 0.15) is 11.6 Å². The van der Waals surface area contributed by atoms with Crippen LogP contribution in [-0.2, 0) is 9.59 Å². The summed E-state index contributed by atoms with van der Waals surface area (Å²) >= 11 is 0. The van der Waals surface area contributed by atoms with E-state index in [1.165, 1.54) is 12.0 Å². The maximum absolute atomic E-state index is 14.0. The molecular formula is C26H27N3O4. The van der Waals surface area contributed by atoms with Crippen molar-refractivity contribution in [2.45, 2.75) is 6.04 Å². The zero-order valence-electron chi connectivity index (χ0n) is 19.2. The second kappa shape index (κ2) is 9.24. The minimum absolute atomic E-state index is 0.108. The molecular weight excluding hydrogens is 418 g/mol. The summed E-state index contributed by atoms with van der Waals surface area (Å²) in [7, 11) is 7.00. The van der Waals surface area contributed by atoms with Crippen molar-refractivity contribution in [2.75, 3.05) is 49.6 Å². The van der Waals surface area contributed by atoms with E-state index in [2.05, 4.69) is 0 Å². The molecule has 0 aliphatic carbocycles.